The zero-order valence-electron chi connectivity index (χ0n) is 11.5. The summed E-state index contributed by atoms with van der Waals surface area (Å²) >= 11 is 0. The van der Waals surface area contributed by atoms with Gasteiger partial charge >= 0.3 is 0 Å². The summed E-state index contributed by atoms with van der Waals surface area (Å²) in [6.45, 7) is 1.19. The maximum Gasteiger partial charge on any atom is 0.223 e. The summed E-state index contributed by atoms with van der Waals surface area (Å²) in [6, 6.07) is 6.39. The first kappa shape index (κ1) is 16.9. The zero-order chi connectivity index (χ0) is 13.7. The molecule has 2 rings (SSSR count). The lowest BCUT2D eigenvalue weighted by Crippen LogP contribution is -2.36. The first-order valence-electron chi connectivity index (χ1n) is 6.93. The van der Waals surface area contributed by atoms with Gasteiger partial charge in [0.1, 0.15) is 5.82 Å². The molecule has 1 amide bonds. The Kier molecular flexibility index (Phi) is 6.96. The summed E-state index contributed by atoms with van der Waals surface area (Å²) < 4.78 is 12.7. The van der Waals surface area contributed by atoms with Gasteiger partial charge in [-0.25, -0.2) is 4.39 Å². The van der Waals surface area contributed by atoms with Crippen molar-refractivity contribution >= 4 is 18.3 Å². The standard InChI is InChI=1S/C15H21FN2O.ClH/c16-13-6-4-11(5-7-13)8-9-18-15(19)14-3-1-2-12(14)10-17;/h4-7,12,14H,1-3,8-10,17H2,(H,18,19);1H/t12-,14-;/m1./s1. The lowest BCUT2D eigenvalue weighted by atomic mass is 9.95. The number of carbonyl (C=O) groups excluding carboxylic acids is 1. The molecule has 1 aliphatic rings. The smallest absolute Gasteiger partial charge is 0.223 e. The number of halogens is 2. The van der Waals surface area contributed by atoms with E-state index in [9.17, 15) is 9.18 Å². The lowest BCUT2D eigenvalue weighted by molar-refractivity contribution is -0.125. The summed E-state index contributed by atoms with van der Waals surface area (Å²) in [6.07, 6.45) is 3.83. The first-order valence-corrected chi connectivity index (χ1v) is 6.93. The normalized spacial score (nSPS) is 21.3. The van der Waals surface area contributed by atoms with Crippen LogP contribution in [0.3, 0.4) is 0 Å². The second-order valence-electron chi connectivity index (χ2n) is 5.20. The number of nitrogens with two attached hydrogens (primary N) is 1. The predicted molar refractivity (Wildman–Crippen MR) is 80.2 cm³/mol. The molecule has 0 aliphatic heterocycles. The van der Waals surface area contributed by atoms with Crippen molar-refractivity contribution < 1.29 is 9.18 Å². The van der Waals surface area contributed by atoms with Gasteiger partial charge in [-0.2, -0.15) is 0 Å². The minimum Gasteiger partial charge on any atom is -0.356 e. The highest BCUT2D eigenvalue weighted by atomic mass is 35.5. The first-order chi connectivity index (χ1) is 9.20. The Labute approximate surface area is 125 Å². The van der Waals surface area contributed by atoms with E-state index in [-0.39, 0.29) is 30.0 Å². The summed E-state index contributed by atoms with van der Waals surface area (Å²) in [4.78, 5) is 12.0. The Balaban J connectivity index is 0.00000200. The fraction of sp³-hybridized carbons (Fsp3) is 0.533. The van der Waals surface area contributed by atoms with E-state index in [2.05, 4.69) is 5.32 Å². The molecule has 1 fully saturated rings. The molecule has 5 heteroatoms. The van der Waals surface area contributed by atoms with Gasteiger partial charge in [0, 0.05) is 12.5 Å². The van der Waals surface area contributed by atoms with Crippen molar-refractivity contribution in [2.75, 3.05) is 13.1 Å². The number of nitrogens with one attached hydrogen (secondary N) is 1. The van der Waals surface area contributed by atoms with Crippen molar-refractivity contribution in [3.05, 3.63) is 35.6 Å². The van der Waals surface area contributed by atoms with Crippen LogP contribution in [0.25, 0.3) is 0 Å². The van der Waals surface area contributed by atoms with Crippen molar-refractivity contribution in [3.8, 4) is 0 Å². The minimum absolute atomic E-state index is 0. The van der Waals surface area contributed by atoms with E-state index < -0.39 is 0 Å². The topological polar surface area (TPSA) is 55.1 Å². The van der Waals surface area contributed by atoms with Gasteiger partial charge in [-0.15, -0.1) is 12.4 Å². The van der Waals surface area contributed by atoms with Crippen LogP contribution in [-0.4, -0.2) is 19.0 Å². The molecule has 3 nitrogen and oxygen atoms in total. The molecule has 0 unspecified atom stereocenters. The van der Waals surface area contributed by atoms with Gasteiger partial charge in [-0.3, -0.25) is 4.79 Å². The van der Waals surface area contributed by atoms with Gasteiger partial charge in [0.05, 0.1) is 0 Å². The van der Waals surface area contributed by atoms with Crippen molar-refractivity contribution in [2.24, 2.45) is 17.6 Å². The fourth-order valence-corrected chi connectivity index (χ4v) is 2.78. The van der Waals surface area contributed by atoms with Crippen molar-refractivity contribution in [1.29, 1.82) is 0 Å². The molecule has 0 aromatic heterocycles. The third-order valence-corrected chi connectivity index (χ3v) is 3.92. The molecule has 1 aliphatic carbocycles. The molecule has 112 valence electrons. The number of carbonyl (C=O) groups is 1. The highest BCUT2D eigenvalue weighted by molar-refractivity contribution is 5.85. The monoisotopic (exact) mass is 300 g/mol. The quantitative estimate of drug-likeness (QED) is 0.876. The molecule has 2 atom stereocenters. The SMILES string of the molecule is Cl.NC[C@H]1CCC[C@H]1C(=O)NCCc1ccc(F)cc1. The van der Waals surface area contributed by atoms with E-state index >= 15 is 0 Å². The summed E-state index contributed by atoms with van der Waals surface area (Å²) in [5.41, 5.74) is 6.71. The van der Waals surface area contributed by atoms with Gasteiger partial charge in [-0.1, -0.05) is 18.6 Å². The average molecular weight is 301 g/mol. The summed E-state index contributed by atoms with van der Waals surface area (Å²) in [5, 5.41) is 2.96. The van der Waals surface area contributed by atoms with Crippen LogP contribution in [0.2, 0.25) is 0 Å². The van der Waals surface area contributed by atoms with Gasteiger partial charge < -0.3 is 11.1 Å². The molecule has 1 aromatic carbocycles. The van der Waals surface area contributed by atoms with Crippen LogP contribution in [-0.2, 0) is 11.2 Å². The van der Waals surface area contributed by atoms with Crippen LogP contribution in [0, 0.1) is 17.7 Å². The number of hydrogen-bond donors (Lipinski definition) is 2. The Bertz CT molecular complexity index is 424. The predicted octanol–water partition coefficient (Wildman–Crippen LogP) is 2.28. The van der Waals surface area contributed by atoms with Gasteiger partial charge in [0.15, 0.2) is 0 Å². The summed E-state index contributed by atoms with van der Waals surface area (Å²) in [5.74, 6) is 0.309. The molecule has 0 spiro atoms. The highest BCUT2D eigenvalue weighted by Gasteiger charge is 2.31. The third-order valence-electron chi connectivity index (χ3n) is 3.92. The largest absolute Gasteiger partial charge is 0.356 e. The van der Waals surface area contributed by atoms with E-state index in [1.807, 2.05) is 0 Å². The zero-order valence-corrected chi connectivity index (χ0v) is 12.3. The molecule has 3 N–H and O–H groups in total. The van der Waals surface area contributed by atoms with E-state index in [0.29, 0.717) is 19.0 Å². The Morgan fingerprint density at radius 2 is 2.00 bits per heavy atom. The lowest BCUT2D eigenvalue weighted by Gasteiger charge is -2.17. The van der Waals surface area contributed by atoms with Crippen LogP contribution >= 0.6 is 12.4 Å². The van der Waals surface area contributed by atoms with Gasteiger partial charge in [-0.05, 0) is 49.4 Å². The van der Waals surface area contributed by atoms with Crippen molar-refractivity contribution in [2.45, 2.75) is 25.7 Å². The molecule has 20 heavy (non-hydrogen) atoms. The summed E-state index contributed by atoms with van der Waals surface area (Å²) in [7, 11) is 0. The Morgan fingerprint density at radius 1 is 1.30 bits per heavy atom. The van der Waals surface area contributed by atoms with E-state index in [1.165, 1.54) is 12.1 Å². The van der Waals surface area contributed by atoms with Crippen LogP contribution < -0.4 is 11.1 Å². The third kappa shape index (κ3) is 4.46. The van der Waals surface area contributed by atoms with Crippen molar-refractivity contribution in [3.63, 3.8) is 0 Å². The highest BCUT2D eigenvalue weighted by Crippen LogP contribution is 2.30. The van der Waals surface area contributed by atoms with E-state index in [0.717, 1.165) is 31.2 Å². The second-order valence-corrected chi connectivity index (χ2v) is 5.20. The van der Waals surface area contributed by atoms with Crippen LogP contribution in [0.4, 0.5) is 4.39 Å². The molecule has 1 saturated carbocycles. The molecular weight excluding hydrogens is 279 g/mol. The molecule has 0 bridgehead atoms. The number of hydrogen-bond acceptors (Lipinski definition) is 2. The Morgan fingerprint density at radius 3 is 2.65 bits per heavy atom. The van der Waals surface area contributed by atoms with Crippen molar-refractivity contribution in [1.82, 2.24) is 5.32 Å². The minimum atomic E-state index is -0.232. The molecule has 0 saturated heterocycles. The number of benzene rings is 1. The van der Waals surface area contributed by atoms with Gasteiger partial charge in [0.2, 0.25) is 5.91 Å². The molecule has 1 aromatic rings. The van der Waals surface area contributed by atoms with Gasteiger partial charge in [0.25, 0.3) is 0 Å². The number of amides is 1. The molecular formula is C15H22ClFN2O. The van der Waals surface area contributed by atoms with Crippen LogP contribution in [0.1, 0.15) is 24.8 Å². The molecule has 0 radical (unpaired) electrons. The number of rotatable bonds is 5. The second kappa shape index (κ2) is 8.22. The van der Waals surface area contributed by atoms with E-state index in [1.54, 1.807) is 12.1 Å². The maximum absolute atomic E-state index is 12.7. The van der Waals surface area contributed by atoms with Crippen LogP contribution in [0.5, 0.6) is 0 Å². The van der Waals surface area contributed by atoms with Crippen LogP contribution in [0.15, 0.2) is 24.3 Å². The Hall–Kier alpha value is -1.13. The van der Waals surface area contributed by atoms with E-state index in [4.69, 9.17) is 5.73 Å². The maximum atomic E-state index is 12.7. The average Bonchev–Trinajstić information content (AvgIpc) is 2.89. The fourth-order valence-electron chi connectivity index (χ4n) is 2.78. The molecule has 0 heterocycles.